The lowest BCUT2D eigenvalue weighted by molar-refractivity contribution is -0.160. The molecule has 1 aromatic carbocycles. The van der Waals surface area contributed by atoms with Crippen molar-refractivity contribution in [3.05, 3.63) is 35.9 Å². The molecule has 0 bridgehead atoms. The minimum absolute atomic E-state index is 0. The van der Waals surface area contributed by atoms with Crippen molar-refractivity contribution in [2.75, 3.05) is 13.1 Å². The van der Waals surface area contributed by atoms with Crippen molar-refractivity contribution in [3.63, 3.8) is 0 Å². The Hall–Kier alpha value is -1.10. The second kappa shape index (κ2) is 7.65. The fraction of sp³-hybridized carbons (Fsp3) is 0.611. The Morgan fingerprint density at radius 1 is 1.09 bits per heavy atom. The van der Waals surface area contributed by atoms with Crippen LogP contribution in [0.1, 0.15) is 44.1 Å². The van der Waals surface area contributed by atoms with Crippen LogP contribution in [0.15, 0.2) is 30.3 Å². The van der Waals surface area contributed by atoms with Crippen molar-refractivity contribution >= 4 is 18.3 Å². The number of likely N-dealkylation sites (tertiary alicyclic amines) is 1. The summed E-state index contributed by atoms with van der Waals surface area (Å²) in [5.74, 6) is -0.101. The van der Waals surface area contributed by atoms with Crippen molar-refractivity contribution in [1.82, 2.24) is 4.90 Å². The summed E-state index contributed by atoms with van der Waals surface area (Å²) in [4.78, 5) is 15.0. The number of nitrogens with two attached hydrogens (primary N) is 1. The zero-order chi connectivity index (χ0) is 15.6. The maximum Gasteiger partial charge on any atom is 0.259 e. The average molecular weight is 339 g/mol. The van der Waals surface area contributed by atoms with Gasteiger partial charge in [-0.05, 0) is 31.2 Å². The molecule has 0 unspecified atom stereocenters. The summed E-state index contributed by atoms with van der Waals surface area (Å²) < 4.78 is 0. The number of nitrogens with zero attached hydrogens (tertiary/aromatic N) is 1. The molecule has 1 heterocycles. The van der Waals surface area contributed by atoms with Gasteiger partial charge in [0.25, 0.3) is 5.91 Å². The molecule has 1 saturated carbocycles. The van der Waals surface area contributed by atoms with Gasteiger partial charge in [0.05, 0.1) is 0 Å². The summed E-state index contributed by atoms with van der Waals surface area (Å²) in [6.45, 7) is 1.31. The first kappa shape index (κ1) is 18.2. The van der Waals surface area contributed by atoms with E-state index in [1.165, 1.54) is 0 Å². The molecule has 1 saturated heterocycles. The minimum Gasteiger partial charge on any atom is -0.375 e. The SMILES string of the molecule is Cl.NC1CCN(C(=O)[C@](O)(c2ccccc2)C2CCCC2)CC1. The zero-order valence-corrected chi connectivity index (χ0v) is 14.3. The summed E-state index contributed by atoms with van der Waals surface area (Å²) in [6, 6.07) is 9.66. The molecule has 1 amide bonds. The summed E-state index contributed by atoms with van der Waals surface area (Å²) >= 11 is 0. The highest BCUT2D eigenvalue weighted by molar-refractivity contribution is 5.87. The molecular weight excluding hydrogens is 312 g/mol. The van der Waals surface area contributed by atoms with Gasteiger partial charge in [0.2, 0.25) is 0 Å². The van der Waals surface area contributed by atoms with Crippen LogP contribution in [0, 0.1) is 5.92 Å². The van der Waals surface area contributed by atoms with Gasteiger partial charge in [0.1, 0.15) is 0 Å². The van der Waals surface area contributed by atoms with E-state index in [9.17, 15) is 9.90 Å². The molecule has 2 aliphatic rings. The number of piperidine rings is 1. The second-order valence-corrected chi connectivity index (χ2v) is 6.74. The van der Waals surface area contributed by atoms with Crippen LogP contribution in [-0.2, 0) is 10.4 Å². The lowest BCUT2D eigenvalue weighted by Gasteiger charge is -2.40. The molecule has 1 aromatic rings. The Bertz CT molecular complexity index is 511. The summed E-state index contributed by atoms with van der Waals surface area (Å²) in [5, 5.41) is 11.4. The average Bonchev–Trinajstić information content (AvgIpc) is 3.10. The number of halogens is 1. The molecular formula is C18H27ClN2O2. The molecule has 1 aliphatic heterocycles. The lowest BCUT2D eigenvalue weighted by Crippen LogP contribution is -2.54. The van der Waals surface area contributed by atoms with E-state index in [4.69, 9.17) is 5.73 Å². The highest BCUT2D eigenvalue weighted by Gasteiger charge is 2.48. The Morgan fingerprint density at radius 3 is 2.22 bits per heavy atom. The van der Waals surface area contributed by atoms with Crippen molar-refractivity contribution in [2.24, 2.45) is 11.7 Å². The molecule has 5 heteroatoms. The van der Waals surface area contributed by atoms with Gasteiger partial charge in [-0.1, -0.05) is 43.2 Å². The molecule has 0 radical (unpaired) electrons. The van der Waals surface area contributed by atoms with Gasteiger partial charge in [-0.25, -0.2) is 0 Å². The first-order chi connectivity index (χ1) is 10.6. The van der Waals surface area contributed by atoms with Gasteiger partial charge in [-0.2, -0.15) is 0 Å². The van der Waals surface area contributed by atoms with E-state index in [1.54, 1.807) is 0 Å². The van der Waals surface area contributed by atoms with Gasteiger partial charge in [0, 0.05) is 25.0 Å². The second-order valence-electron chi connectivity index (χ2n) is 6.74. The van der Waals surface area contributed by atoms with Gasteiger partial charge in [0.15, 0.2) is 5.60 Å². The summed E-state index contributed by atoms with van der Waals surface area (Å²) in [7, 11) is 0. The number of aliphatic hydroxyl groups is 1. The first-order valence-electron chi connectivity index (χ1n) is 8.45. The third kappa shape index (κ3) is 3.54. The maximum atomic E-state index is 13.1. The standard InChI is InChI=1S/C18H26N2O2.ClH/c19-16-10-12-20(13-11-16)17(21)18(22,15-8-4-5-9-15)14-6-2-1-3-7-14;/h1-3,6-7,15-16,22H,4-5,8-13,19H2;1H/t18-;/m0./s1. The zero-order valence-electron chi connectivity index (χ0n) is 13.5. The fourth-order valence-corrected chi connectivity index (χ4v) is 3.91. The van der Waals surface area contributed by atoms with E-state index in [1.807, 2.05) is 35.2 Å². The maximum absolute atomic E-state index is 13.1. The molecule has 23 heavy (non-hydrogen) atoms. The van der Waals surface area contributed by atoms with Gasteiger partial charge in [-0.15, -0.1) is 12.4 Å². The minimum atomic E-state index is -1.38. The van der Waals surface area contributed by atoms with Crippen LogP contribution in [0.5, 0.6) is 0 Å². The third-order valence-electron chi connectivity index (χ3n) is 5.31. The highest BCUT2D eigenvalue weighted by Crippen LogP contribution is 2.42. The van der Waals surface area contributed by atoms with Gasteiger partial charge in [-0.3, -0.25) is 4.79 Å². The first-order valence-corrected chi connectivity index (χ1v) is 8.45. The van der Waals surface area contributed by atoms with Crippen LogP contribution in [0.25, 0.3) is 0 Å². The van der Waals surface area contributed by atoms with Crippen molar-refractivity contribution < 1.29 is 9.90 Å². The molecule has 128 valence electrons. The van der Waals surface area contributed by atoms with E-state index >= 15 is 0 Å². The van der Waals surface area contributed by atoms with Crippen LogP contribution >= 0.6 is 12.4 Å². The number of amides is 1. The Balaban J connectivity index is 0.00000192. The topological polar surface area (TPSA) is 66.6 Å². The smallest absolute Gasteiger partial charge is 0.259 e. The Kier molecular flexibility index (Phi) is 6.06. The quantitative estimate of drug-likeness (QED) is 0.889. The molecule has 3 N–H and O–H groups in total. The summed E-state index contributed by atoms with van der Waals surface area (Å²) in [6.07, 6.45) is 5.67. The highest BCUT2D eigenvalue weighted by atomic mass is 35.5. The van der Waals surface area contributed by atoms with E-state index in [2.05, 4.69) is 0 Å². The van der Waals surface area contributed by atoms with E-state index in [0.717, 1.165) is 44.1 Å². The molecule has 1 atom stereocenters. The summed E-state index contributed by atoms with van der Waals surface area (Å²) in [5.41, 5.74) is 5.30. The van der Waals surface area contributed by atoms with E-state index in [-0.39, 0.29) is 30.3 Å². The van der Waals surface area contributed by atoms with Crippen LogP contribution in [0.4, 0.5) is 0 Å². The monoisotopic (exact) mass is 338 g/mol. The van der Waals surface area contributed by atoms with Gasteiger partial charge < -0.3 is 15.7 Å². The van der Waals surface area contributed by atoms with Crippen LogP contribution in [-0.4, -0.2) is 35.0 Å². The molecule has 3 rings (SSSR count). The van der Waals surface area contributed by atoms with Crippen molar-refractivity contribution in [3.8, 4) is 0 Å². The predicted octanol–water partition coefficient (Wildman–Crippen LogP) is 2.44. The van der Waals surface area contributed by atoms with Crippen molar-refractivity contribution in [1.29, 1.82) is 0 Å². The van der Waals surface area contributed by atoms with E-state index in [0.29, 0.717) is 13.1 Å². The number of carbonyl (C=O) groups excluding carboxylic acids is 1. The molecule has 0 aromatic heterocycles. The molecule has 4 nitrogen and oxygen atoms in total. The number of hydrogen-bond acceptors (Lipinski definition) is 3. The fourth-order valence-electron chi connectivity index (χ4n) is 3.91. The number of carbonyl (C=O) groups is 1. The Morgan fingerprint density at radius 2 is 1.65 bits per heavy atom. The molecule has 0 spiro atoms. The Labute approximate surface area is 144 Å². The van der Waals surface area contributed by atoms with Crippen LogP contribution in [0.2, 0.25) is 0 Å². The number of hydrogen-bond donors (Lipinski definition) is 2. The van der Waals surface area contributed by atoms with Crippen LogP contribution in [0.3, 0.4) is 0 Å². The molecule has 2 fully saturated rings. The molecule has 1 aliphatic carbocycles. The lowest BCUT2D eigenvalue weighted by atomic mass is 9.78. The van der Waals surface area contributed by atoms with Gasteiger partial charge >= 0.3 is 0 Å². The number of rotatable bonds is 3. The number of benzene rings is 1. The predicted molar refractivity (Wildman–Crippen MR) is 93.3 cm³/mol. The normalized spacial score (nSPS) is 22.4. The van der Waals surface area contributed by atoms with Crippen molar-refractivity contribution in [2.45, 2.75) is 50.2 Å². The largest absolute Gasteiger partial charge is 0.375 e. The third-order valence-corrected chi connectivity index (χ3v) is 5.31. The van der Waals surface area contributed by atoms with Crippen LogP contribution < -0.4 is 5.73 Å². The van der Waals surface area contributed by atoms with E-state index < -0.39 is 5.60 Å².